The van der Waals surface area contributed by atoms with Gasteiger partial charge >= 0.3 is 0 Å². The van der Waals surface area contributed by atoms with Crippen LogP contribution in [0, 0.1) is 0 Å². The van der Waals surface area contributed by atoms with Gasteiger partial charge in [-0.15, -0.1) is 0 Å². The fourth-order valence-electron chi connectivity index (χ4n) is 3.23. The number of nitrogens with zero attached hydrogens (tertiary/aromatic N) is 1. The summed E-state index contributed by atoms with van der Waals surface area (Å²) >= 11 is 0. The molecule has 8 nitrogen and oxygen atoms in total. The van der Waals surface area contributed by atoms with Gasteiger partial charge in [-0.2, -0.15) is 0 Å². The van der Waals surface area contributed by atoms with Crippen molar-refractivity contribution in [3.63, 3.8) is 0 Å². The van der Waals surface area contributed by atoms with Crippen molar-refractivity contribution in [3.8, 4) is 5.75 Å². The molecule has 0 radical (unpaired) electrons. The first-order chi connectivity index (χ1) is 16.2. The zero-order valence-corrected chi connectivity index (χ0v) is 20.0. The van der Waals surface area contributed by atoms with Crippen molar-refractivity contribution in [1.29, 1.82) is 0 Å². The Balaban J connectivity index is 1.90. The van der Waals surface area contributed by atoms with Crippen molar-refractivity contribution < 1.29 is 22.7 Å². The molecule has 0 aromatic heterocycles. The van der Waals surface area contributed by atoms with Gasteiger partial charge in [-0.3, -0.25) is 13.9 Å². The molecule has 0 aliphatic heterocycles. The third-order valence-corrected chi connectivity index (χ3v) is 6.63. The molecule has 3 aromatic rings. The lowest BCUT2D eigenvalue weighted by Gasteiger charge is -2.24. The highest BCUT2D eigenvalue weighted by atomic mass is 32.2. The lowest BCUT2D eigenvalue weighted by atomic mass is 10.1. The highest BCUT2D eigenvalue weighted by molar-refractivity contribution is 7.92. The fourth-order valence-corrected chi connectivity index (χ4v) is 4.66. The van der Waals surface area contributed by atoms with Crippen LogP contribution in [0.1, 0.15) is 24.2 Å². The molecule has 2 N–H and O–H groups in total. The van der Waals surface area contributed by atoms with E-state index in [4.69, 9.17) is 4.74 Å². The molecule has 0 aliphatic carbocycles. The second kappa shape index (κ2) is 10.8. The van der Waals surface area contributed by atoms with E-state index in [2.05, 4.69) is 10.6 Å². The van der Waals surface area contributed by atoms with Crippen molar-refractivity contribution in [3.05, 3.63) is 84.4 Å². The minimum absolute atomic E-state index is 0.0154. The highest BCUT2D eigenvalue weighted by Crippen LogP contribution is 2.25. The maximum Gasteiger partial charge on any atom is 0.264 e. The lowest BCUT2D eigenvalue weighted by Crippen LogP contribution is -2.38. The number of hydrogen-bond donors (Lipinski definition) is 2. The summed E-state index contributed by atoms with van der Waals surface area (Å²) in [4.78, 5) is 25.5. The maximum atomic E-state index is 13.5. The van der Waals surface area contributed by atoms with E-state index in [0.717, 1.165) is 4.31 Å². The standard InChI is InChI=1S/C25H27N3O5S/c1-18(2)26-25(30)22-11-7-8-12-23(22)27-24(29)17-28(19-9-5-4-6-10-19)34(31,32)21-15-13-20(33-3)14-16-21/h4-16,18H,17H2,1-3H3,(H,26,30)(H,27,29). The van der Waals surface area contributed by atoms with Crippen molar-refractivity contribution in [1.82, 2.24) is 5.32 Å². The van der Waals surface area contributed by atoms with Crippen molar-refractivity contribution in [2.24, 2.45) is 0 Å². The molecule has 0 aliphatic rings. The summed E-state index contributed by atoms with van der Waals surface area (Å²) in [5.41, 5.74) is 0.911. The predicted molar refractivity (Wildman–Crippen MR) is 132 cm³/mol. The minimum Gasteiger partial charge on any atom is -0.497 e. The number of benzene rings is 3. The minimum atomic E-state index is -4.07. The average molecular weight is 482 g/mol. The Morgan fingerprint density at radius 3 is 2.15 bits per heavy atom. The first-order valence-corrected chi connectivity index (χ1v) is 12.1. The topological polar surface area (TPSA) is 105 Å². The number of carbonyl (C=O) groups is 2. The summed E-state index contributed by atoms with van der Waals surface area (Å²) < 4.78 is 33.1. The molecular formula is C25H27N3O5S. The van der Waals surface area contributed by atoms with E-state index in [9.17, 15) is 18.0 Å². The van der Waals surface area contributed by atoms with E-state index < -0.39 is 22.5 Å². The molecular weight excluding hydrogens is 454 g/mol. The van der Waals surface area contributed by atoms with E-state index in [0.29, 0.717) is 17.1 Å². The third-order valence-electron chi connectivity index (χ3n) is 4.84. The third kappa shape index (κ3) is 5.93. The number of anilines is 2. The van der Waals surface area contributed by atoms with Gasteiger partial charge in [0, 0.05) is 6.04 Å². The largest absolute Gasteiger partial charge is 0.497 e. The Morgan fingerprint density at radius 1 is 0.912 bits per heavy atom. The van der Waals surface area contributed by atoms with E-state index >= 15 is 0 Å². The van der Waals surface area contributed by atoms with Crippen LogP contribution in [0.5, 0.6) is 5.75 Å². The zero-order chi connectivity index (χ0) is 24.7. The van der Waals surface area contributed by atoms with Gasteiger partial charge in [0.2, 0.25) is 5.91 Å². The number of hydrogen-bond acceptors (Lipinski definition) is 5. The van der Waals surface area contributed by atoms with Crippen LogP contribution in [0.4, 0.5) is 11.4 Å². The van der Waals surface area contributed by atoms with Crippen LogP contribution >= 0.6 is 0 Å². The molecule has 0 saturated heterocycles. The van der Waals surface area contributed by atoms with Crippen LogP contribution in [0.2, 0.25) is 0 Å². The molecule has 3 aromatic carbocycles. The van der Waals surface area contributed by atoms with E-state index in [-0.39, 0.29) is 22.4 Å². The van der Waals surface area contributed by atoms with Crippen molar-refractivity contribution >= 4 is 33.2 Å². The summed E-state index contributed by atoms with van der Waals surface area (Å²) in [6, 6.07) is 20.8. The molecule has 0 atom stereocenters. The summed E-state index contributed by atoms with van der Waals surface area (Å²) in [6.07, 6.45) is 0. The summed E-state index contributed by atoms with van der Waals surface area (Å²) in [7, 11) is -2.58. The summed E-state index contributed by atoms with van der Waals surface area (Å²) in [5, 5.41) is 5.47. The van der Waals surface area contributed by atoms with Crippen LogP contribution < -0.4 is 19.7 Å². The van der Waals surface area contributed by atoms with Gasteiger partial charge < -0.3 is 15.4 Å². The molecule has 178 valence electrons. The molecule has 0 unspecified atom stereocenters. The van der Waals surface area contributed by atoms with Crippen LogP contribution in [0.15, 0.2) is 83.8 Å². The number of ether oxygens (including phenoxy) is 1. The number of carbonyl (C=O) groups excluding carboxylic acids is 2. The molecule has 0 bridgehead atoms. The number of para-hydroxylation sites is 2. The monoisotopic (exact) mass is 481 g/mol. The van der Waals surface area contributed by atoms with Gasteiger partial charge in [-0.1, -0.05) is 30.3 Å². The molecule has 0 saturated carbocycles. The van der Waals surface area contributed by atoms with Crippen LogP contribution in [0.3, 0.4) is 0 Å². The molecule has 9 heteroatoms. The Morgan fingerprint density at radius 2 is 1.53 bits per heavy atom. The van der Waals surface area contributed by atoms with Gasteiger partial charge in [-0.25, -0.2) is 8.42 Å². The second-order valence-corrected chi connectivity index (χ2v) is 9.61. The number of sulfonamides is 1. The molecule has 2 amide bonds. The first kappa shape index (κ1) is 24.8. The zero-order valence-electron chi connectivity index (χ0n) is 19.2. The molecule has 0 heterocycles. The Labute approximate surface area is 199 Å². The maximum absolute atomic E-state index is 13.5. The molecule has 3 rings (SSSR count). The van der Waals surface area contributed by atoms with Crippen LogP contribution in [-0.2, 0) is 14.8 Å². The summed E-state index contributed by atoms with van der Waals surface area (Å²) in [5.74, 6) is -0.415. The fraction of sp³-hybridized carbons (Fsp3) is 0.200. The van der Waals surface area contributed by atoms with E-state index in [1.165, 1.54) is 19.2 Å². The van der Waals surface area contributed by atoms with Crippen molar-refractivity contribution in [2.75, 3.05) is 23.3 Å². The average Bonchev–Trinajstić information content (AvgIpc) is 2.83. The number of methoxy groups -OCH3 is 1. The highest BCUT2D eigenvalue weighted by Gasteiger charge is 2.27. The van der Waals surface area contributed by atoms with Gasteiger partial charge in [0.1, 0.15) is 12.3 Å². The lowest BCUT2D eigenvalue weighted by molar-refractivity contribution is -0.114. The second-order valence-electron chi connectivity index (χ2n) is 7.74. The van der Waals surface area contributed by atoms with E-state index in [1.807, 2.05) is 13.8 Å². The number of amides is 2. The SMILES string of the molecule is COc1ccc(S(=O)(=O)N(CC(=O)Nc2ccccc2C(=O)NC(C)C)c2ccccc2)cc1. The quantitative estimate of drug-likeness (QED) is 0.485. The predicted octanol–water partition coefficient (Wildman–Crippen LogP) is 3.67. The normalized spacial score (nSPS) is 11.1. The van der Waals surface area contributed by atoms with Gasteiger partial charge in [0.05, 0.1) is 28.9 Å². The first-order valence-electron chi connectivity index (χ1n) is 10.6. The Bertz CT molecular complexity index is 1240. The van der Waals surface area contributed by atoms with Crippen LogP contribution in [0.25, 0.3) is 0 Å². The van der Waals surface area contributed by atoms with Gasteiger partial charge in [-0.05, 0) is 62.4 Å². The van der Waals surface area contributed by atoms with Crippen LogP contribution in [-0.4, -0.2) is 39.9 Å². The summed E-state index contributed by atoms with van der Waals surface area (Å²) in [6.45, 7) is 3.18. The van der Waals surface area contributed by atoms with Gasteiger partial charge in [0.25, 0.3) is 15.9 Å². The molecule has 0 spiro atoms. The Hall–Kier alpha value is -3.85. The van der Waals surface area contributed by atoms with Gasteiger partial charge in [0.15, 0.2) is 0 Å². The molecule has 34 heavy (non-hydrogen) atoms. The number of rotatable bonds is 9. The number of nitrogens with one attached hydrogen (secondary N) is 2. The molecule has 0 fully saturated rings. The smallest absolute Gasteiger partial charge is 0.264 e. The Kier molecular flexibility index (Phi) is 7.91. The van der Waals surface area contributed by atoms with E-state index in [1.54, 1.807) is 66.7 Å². The van der Waals surface area contributed by atoms with Crippen molar-refractivity contribution in [2.45, 2.75) is 24.8 Å².